The summed E-state index contributed by atoms with van der Waals surface area (Å²) in [6, 6.07) is 0. The van der Waals surface area contributed by atoms with Crippen LogP contribution in [0.5, 0.6) is 0 Å². The van der Waals surface area contributed by atoms with Gasteiger partial charge in [-0.1, -0.05) is 6.92 Å². The van der Waals surface area contributed by atoms with Gasteiger partial charge in [-0.3, -0.25) is 9.59 Å². The molecule has 1 unspecified atom stereocenters. The second kappa shape index (κ2) is 2.90. The van der Waals surface area contributed by atoms with Gasteiger partial charge in [0.1, 0.15) is 0 Å². The second-order valence-electron chi connectivity index (χ2n) is 2.88. The Bertz CT molecular complexity index is 191. The van der Waals surface area contributed by atoms with Gasteiger partial charge < -0.3 is 11.1 Å². The van der Waals surface area contributed by atoms with Gasteiger partial charge in [0.05, 0.1) is 5.92 Å². The lowest BCUT2D eigenvalue weighted by Crippen LogP contribution is -2.32. The van der Waals surface area contributed by atoms with E-state index in [1.807, 2.05) is 0 Å². The molecule has 62 valence electrons. The highest BCUT2D eigenvalue weighted by molar-refractivity contribution is 5.87. The van der Waals surface area contributed by atoms with E-state index in [0.717, 1.165) is 6.42 Å². The lowest BCUT2D eigenvalue weighted by Gasteiger charge is -2.11. The van der Waals surface area contributed by atoms with E-state index in [-0.39, 0.29) is 17.7 Å². The van der Waals surface area contributed by atoms with Crippen LogP contribution >= 0.6 is 0 Å². The zero-order valence-electron chi connectivity index (χ0n) is 6.46. The van der Waals surface area contributed by atoms with Gasteiger partial charge in [-0.05, 0) is 6.42 Å². The molecular weight excluding hydrogens is 144 g/mol. The van der Waals surface area contributed by atoms with Crippen LogP contribution < -0.4 is 11.1 Å². The van der Waals surface area contributed by atoms with Crippen LogP contribution in [-0.4, -0.2) is 18.4 Å². The Hall–Kier alpha value is -1.06. The fourth-order valence-electron chi connectivity index (χ4n) is 1.29. The van der Waals surface area contributed by atoms with Crippen molar-refractivity contribution in [2.24, 2.45) is 17.6 Å². The molecule has 2 atom stereocenters. The number of carbonyl (C=O) groups excluding carboxylic acids is 2. The molecule has 0 aromatic carbocycles. The quantitative estimate of drug-likeness (QED) is 0.551. The molecule has 0 spiro atoms. The summed E-state index contributed by atoms with van der Waals surface area (Å²) in [5.74, 6) is -0.978. The number of nitrogens with two attached hydrogens (primary N) is 1. The first-order valence-electron chi connectivity index (χ1n) is 3.70. The molecule has 0 saturated carbocycles. The maximum Gasteiger partial charge on any atom is 0.223 e. The fourth-order valence-corrected chi connectivity index (χ4v) is 1.29. The zero-order valence-corrected chi connectivity index (χ0v) is 6.46. The molecule has 1 fully saturated rings. The van der Waals surface area contributed by atoms with Crippen LogP contribution in [0.2, 0.25) is 0 Å². The van der Waals surface area contributed by atoms with Crippen molar-refractivity contribution >= 4 is 11.8 Å². The minimum atomic E-state index is -0.396. The summed E-state index contributed by atoms with van der Waals surface area (Å²) in [6.45, 7) is 2.36. The molecule has 1 heterocycles. The SMILES string of the molecule is CC(C(N)=O)[C@@H]1CCNC1=O. The minimum Gasteiger partial charge on any atom is -0.369 e. The van der Waals surface area contributed by atoms with E-state index in [2.05, 4.69) is 5.32 Å². The molecular formula is C7H12N2O2. The third-order valence-corrected chi connectivity index (χ3v) is 2.14. The summed E-state index contributed by atoms with van der Waals surface area (Å²) in [7, 11) is 0. The lowest BCUT2D eigenvalue weighted by molar-refractivity contribution is -0.130. The molecule has 0 aliphatic carbocycles. The van der Waals surface area contributed by atoms with Gasteiger partial charge in [0.15, 0.2) is 0 Å². The van der Waals surface area contributed by atoms with Crippen LogP contribution in [0.3, 0.4) is 0 Å². The number of rotatable bonds is 2. The van der Waals surface area contributed by atoms with Gasteiger partial charge in [0.25, 0.3) is 0 Å². The maximum atomic E-state index is 11.0. The van der Waals surface area contributed by atoms with Crippen molar-refractivity contribution in [3.63, 3.8) is 0 Å². The van der Waals surface area contributed by atoms with Crippen LogP contribution in [0.1, 0.15) is 13.3 Å². The van der Waals surface area contributed by atoms with Crippen LogP contribution in [0.15, 0.2) is 0 Å². The van der Waals surface area contributed by atoms with Crippen molar-refractivity contribution in [2.45, 2.75) is 13.3 Å². The molecule has 0 radical (unpaired) electrons. The Balaban J connectivity index is 2.59. The van der Waals surface area contributed by atoms with Gasteiger partial charge in [-0.25, -0.2) is 0 Å². The van der Waals surface area contributed by atoms with E-state index in [9.17, 15) is 9.59 Å². The summed E-state index contributed by atoms with van der Waals surface area (Å²) in [5.41, 5.74) is 5.06. The normalized spacial score (nSPS) is 26.3. The summed E-state index contributed by atoms with van der Waals surface area (Å²) in [4.78, 5) is 21.7. The first-order chi connectivity index (χ1) is 5.13. The lowest BCUT2D eigenvalue weighted by atomic mass is 9.92. The standard InChI is InChI=1S/C7H12N2O2/c1-4(6(8)10)5-2-3-9-7(5)11/h4-5H,2-3H2,1H3,(H2,8,10)(H,9,11)/t4?,5-/m0/s1. The van der Waals surface area contributed by atoms with Gasteiger partial charge in [-0.15, -0.1) is 0 Å². The Labute approximate surface area is 65.1 Å². The Morgan fingerprint density at radius 2 is 2.45 bits per heavy atom. The summed E-state index contributed by atoms with van der Waals surface area (Å²) in [6.07, 6.45) is 0.725. The van der Waals surface area contributed by atoms with E-state index in [0.29, 0.717) is 6.54 Å². The monoisotopic (exact) mass is 156 g/mol. The number of primary amides is 1. The fraction of sp³-hybridized carbons (Fsp3) is 0.714. The predicted octanol–water partition coefficient (Wildman–Crippen LogP) is -0.756. The minimum absolute atomic E-state index is 0.0451. The summed E-state index contributed by atoms with van der Waals surface area (Å²) in [5, 5.41) is 2.66. The molecule has 1 saturated heterocycles. The number of carbonyl (C=O) groups is 2. The number of nitrogens with one attached hydrogen (secondary N) is 1. The number of hydrogen-bond donors (Lipinski definition) is 2. The summed E-state index contributed by atoms with van der Waals surface area (Å²) >= 11 is 0. The van der Waals surface area contributed by atoms with Crippen LogP contribution in [0.4, 0.5) is 0 Å². The number of amides is 2. The van der Waals surface area contributed by atoms with Crippen molar-refractivity contribution in [3.8, 4) is 0 Å². The Morgan fingerprint density at radius 1 is 1.82 bits per heavy atom. The highest BCUT2D eigenvalue weighted by Crippen LogP contribution is 2.18. The molecule has 0 aromatic rings. The summed E-state index contributed by atoms with van der Waals surface area (Å²) < 4.78 is 0. The van der Waals surface area contributed by atoms with Crippen molar-refractivity contribution in [3.05, 3.63) is 0 Å². The molecule has 2 amide bonds. The van der Waals surface area contributed by atoms with Crippen molar-refractivity contribution in [1.29, 1.82) is 0 Å². The van der Waals surface area contributed by atoms with Crippen molar-refractivity contribution in [2.75, 3.05) is 6.54 Å². The van der Waals surface area contributed by atoms with Crippen LogP contribution in [-0.2, 0) is 9.59 Å². The topological polar surface area (TPSA) is 72.2 Å². The largest absolute Gasteiger partial charge is 0.369 e. The van der Waals surface area contributed by atoms with E-state index in [1.54, 1.807) is 6.92 Å². The molecule has 1 rings (SSSR count). The van der Waals surface area contributed by atoms with Crippen molar-refractivity contribution in [1.82, 2.24) is 5.32 Å². The third kappa shape index (κ3) is 1.50. The molecule has 4 nitrogen and oxygen atoms in total. The van der Waals surface area contributed by atoms with Gasteiger partial charge >= 0.3 is 0 Å². The third-order valence-electron chi connectivity index (χ3n) is 2.14. The molecule has 4 heteroatoms. The average Bonchev–Trinajstić information content (AvgIpc) is 2.33. The van der Waals surface area contributed by atoms with Gasteiger partial charge in [0.2, 0.25) is 11.8 Å². The van der Waals surface area contributed by atoms with E-state index >= 15 is 0 Å². The molecule has 0 bridgehead atoms. The molecule has 1 aliphatic heterocycles. The Morgan fingerprint density at radius 3 is 2.82 bits per heavy atom. The maximum absolute atomic E-state index is 11.0. The van der Waals surface area contributed by atoms with E-state index < -0.39 is 5.91 Å². The van der Waals surface area contributed by atoms with Gasteiger partial charge in [-0.2, -0.15) is 0 Å². The predicted molar refractivity (Wildman–Crippen MR) is 39.5 cm³/mol. The molecule has 0 aromatic heterocycles. The van der Waals surface area contributed by atoms with E-state index in [4.69, 9.17) is 5.73 Å². The first kappa shape index (κ1) is 8.04. The highest BCUT2D eigenvalue weighted by Gasteiger charge is 2.32. The van der Waals surface area contributed by atoms with Crippen molar-refractivity contribution < 1.29 is 9.59 Å². The van der Waals surface area contributed by atoms with Gasteiger partial charge in [0, 0.05) is 12.5 Å². The second-order valence-corrected chi connectivity index (χ2v) is 2.88. The molecule has 11 heavy (non-hydrogen) atoms. The van der Waals surface area contributed by atoms with Crippen LogP contribution in [0, 0.1) is 11.8 Å². The molecule has 3 N–H and O–H groups in total. The highest BCUT2D eigenvalue weighted by atomic mass is 16.2. The zero-order chi connectivity index (χ0) is 8.43. The average molecular weight is 156 g/mol. The smallest absolute Gasteiger partial charge is 0.223 e. The molecule has 1 aliphatic rings. The van der Waals surface area contributed by atoms with E-state index in [1.165, 1.54) is 0 Å². The first-order valence-corrected chi connectivity index (χ1v) is 3.70. The number of hydrogen-bond acceptors (Lipinski definition) is 2. The van der Waals surface area contributed by atoms with Crippen LogP contribution in [0.25, 0.3) is 0 Å². The Kier molecular flexibility index (Phi) is 2.12.